The van der Waals surface area contributed by atoms with Crippen LogP contribution in [-0.2, 0) is 4.74 Å². The summed E-state index contributed by atoms with van der Waals surface area (Å²) in [5.41, 5.74) is 6.53. The van der Waals surface area contributed by atoms with Gasteiger partial charge in [0, 0.05) is 25.2 Å². The van der Waals surface area contributed by atoms with Crippen LogP contribution in [0.4, 0.5) is 0 Å². The van der Waals surface area contributed by atoms with Gasteiger partial charge in [0.2, 0.25) is 0 Å². The fraction of sp³-hybridized carbons (Fsp3) is 1.00. The van der Waals surface area contributed by atoms with E-state index in [1.54, 1.807) is 0 Å². The molecule has 0 amide bonds. The Morgan fingerprint density at radius 1 is 1.21 bits per heavy atom. The molecule has 2 fully saturated rings. The minimum atomic E-state index is 0.221. The van der Waals surface area contributed by atoms with Crippen molar-refractivity contribution < 1.29 is 4.74 Å². The standard InChI is InChI=1S/C16H32N2O/c1-12(2)15-7-5-6-8-16(15,11-17)18-9-13(3)19-14(4)10-18/h12-15H,5-11,17H2,1-4H3. The van der Waals surface area contributed by atoms with E-state index in [1.807, 2.05) is 0 Å². The molecule has 3 heteroatoms. The Bertz CT molecular complexity index is 284. The van der Waals surface area contributed by atoms with E-state index in [4.69, 9.17) is 10.5 Å². The highest BCUT2D eigenvalue weighted by Crippen LogP contribution is 2.42. The minimum absolute atomic E-state index is 0.221. The van der Waals surface area contributed by atoms with E-state index in [1.165, 1.54) is 25.7 Å². The Hall–Kier alpha value is -0.120. The van der Waals surface area contributed by atoms with Crippen LogP contribution in [0, 0.1) is 11.8 Å². The second-order valence-electron chi connectivity index (χ2n) is 7.07. The second-order valence-corrected chi connectivity index (χ2v) is 7.07. The zero-order valence-corrected chi connectivity index (χ0v) is 13.2. The highest BCUT2D eigenvalue weighted by Gasteiger charge is 2.47. The summed E-state index contributed by atoms with van der Waals surface area (Å²) in [5.74, 6) is 1.46. The predicted molar refractivity (Wildman–Crippen MR) is 80.2 cm³/mol. The summed E-state index contributed by atoms with van der Waals surface area (Å²) in [6.45, 7) is 12.0. The van der Waals surface area contributed by atoms with Crippen LogP contribution in [0.25, 0.3) is 0 Å². The van der Waals surface area contributed by atoms with Gasteiger partial charge in [-0.2, -0.15) is 0 Å². The number of ether oxygens (including phenoxy) is 1. The summed E-state index contributed by atoms with van der Waals surface area (Å²) in [6.07, 6.45) is 5.99. The fourth-order valence-electron chi connectivity index (χ4n) is 4.52. The third-order valence-electron chi connectivity index (χ3n) is 5.27. The molecule has 0 aromatic rings. The van der Waals surface area contributed by atoms with E-state index in [-0.39, 0.29) is 5.54 Å². The summed E-state index contributed by atoms with van der Waals surface area (Å²) < 4.78 is 5.91. The van der Waals surface area contributed by atoms with Crippen molar-refractivity contribution in [1.29, 1.82) is 0 Å². The maximum Gasteiger partial charge on any atom is 0.0678 e. The topological polar surface area (TPSA) is 38.5 Å². The molecule has 19 heavy (non-hydrogen) atoms. The number of morpholine rings is 1. The van der Waals surface area contributed by atoms with Crippen molar-refractivity contribution in [2.45, 2.75) is 71.1 Å². The van der Waals surface area contributed by atoms with E-state index < -0.39 is 0 Å². The van der Waals surface area contributed by atoms with Gasteiger partial charge in [0.15, 0.2) is 0 Å². The van der Waals surface area contributed by atoms with Gasteiger partial charge in [-0.1, -0.05) is 26.7 Å². The highest BCUT2D eigenvalue weighted by atomic mass is 16.5. The average molecular weight is 268 g/mol. The van der Waals surface area contributed by atoms with E-state index in [0.717, 1.165) is 31.5 Å². The molecule has 4 unspecified atom stereocenters. The smallest absolute Gasteiger partial charge is 0.0678 e. The molecule has 0 bridgehead atoms. The largest absolute Gasteiger partial charge is 0.373 e. The van der Waals surface area contributed by atoms with Crippen LogP contribution in [0.15, 0.2) is 0 Å². The third kappa shape index (κ3) is 2.98. The molecule has 0 spiro atoms. The molecule has 2 N–H and O–H groups in total. The zero-order chi connectivity index (χ0) is 14.0. The monoisotopic (exact) mass is 268 g/mol. The molecule has 0 radical (unpaired) electrons. The maximum atomic E-state index is 6.31. The lowest BCUT2D eigenvalue weighted by Gasteiger charge is -2.55. The Labute approximate surface area is 118 Å². The van der Waals surface area contributed by atoms with Crippen LogP contribution < -0.4 is 5.73 Å². The first-order chi connectivity index (χ1) is 8.99. The van der Waals surface area contributed by atoms with Gasteiger partial charge in [0.05, 0.1) is 12.2 Å². The van der Waals surface area contributed by atoms with Crippen molar-refractivity contribution in [1.82, 2.24) is 4.90 Å². The average Bonchev–Trinajstić information content (AvgIpc) is 2.37. The van der Waals surface area contributed by atoms with Gasteiger partial charge in [-0.15, -0.1) is 0 Å². The molecule has 3 nitrogen and oxygen atoms in total. The fourth-order valence-corrected chi connectivity index (χ4v) is 4.52. The van der Waals surface area contributed by atoms with E-state index in [9.17, 15) is 0 Å². The maximum absolute atomic E-state index is 6.31. The Morgan fingerprint density at radius 2 is 1.84 bits per heavy atom. The number of rotatable bonds is 3. The van der Waals surface area contributed by atoms with Crippen molar-refractivity contribution in [3.63, 3.8) is 0 Å². The van der Waals surface area contributed by atoms with Crippen LogP contribution in [0.1, 0.15) is 53.4 Å². The molecule has 112 valence electrons. The first kappa shape index (κ1) is 15.3. The van der Waals surface area contributed by atoms with Crippen molar-refractivity contribution >= 4 is 0 Å². The number of hydrogen-bond acceptors (Lipinski definition) is 3. The van der Waals surface area contributed by atoms with Gasteiger partial charge in [-0.05, 0) is 38.5 Å². The third-order valence-corrected chi connectivity index (χ3v) is 5.27. The van der Waals surface area contributed by atoms with Crippen molar-refractivity contribution in [3.8, 4) is 0 Å². The van der Waals surface area contributed by atoms with Crippen molar-refractivity contribution in [2.24, 2.45) is 17.6 Å². The molecule has 1 saturated carbocycles. The van der Waals surface area contributed by atoms with Crippen LogP contribution >= 0.6 is 0 Å². The summed E-state index contributed by atoms with van der Waals surface area (Å²) in [4.78, 5) is 2.68. The summed E-state index contributed by atoms with van der Waals surface area (Å²) >= 11 is 0. The van der Waals surface area contributed by atoms with Gasteiger partial charge in [-0.25, -0.2) is 0 Å². The van der Waals surface area contributed by atoms with E-state index >= 15 is 0 Å². The van der Waals surface area contributed by atoms with Crippen molar-refractivity contribution in [3.05, 3.63) is 0 Å². The molecule has 0 aromatic heterocycles. The summed E-state index contributed by atoms with van der Waals surface area (Å²) in [6, 6.07) is 0. The number of hydrogen-bond donors (Lipinski definition) is 1. The van der Waals surface area contributed by atoms with Crippen LogP contribution in [0.2, 0.25) is 0 Å². The molecule has 1 aliphatic heterocycles. The summed E-state index contributed by atoms with van der Waals surface area (Å²) in [7, 11) is 0. The SMILES string of the molecule is CC1CN(C2(CN)CCCCC2C(C)C)CC(C)O1. The minimum Gasteiger partial charge on any atom is -0.373 e. The Morgan fingerprint density at radius 3 is 2.37 bits per heavy atom. The highest BCUT2D eigenvalue weighted by molar-refractivity contribution is 5.02. The lowest BCUT2D eigenvalue weighted by molar-refractivity contribution is -0.126. The lowest BCUT2D eigenvalue weighted by atomic mass is 9.66. The van der Waals surface area contributed by atoms with Gasteiger partial charge in [-0.3, -0.25) is 4.90 Å². The van der Waals surface area contributed by atoms with Gasteiger partial charge >= 0.3 is 0 Å². The molecule has 2 rings (SSSR count). The predicted octanol–water partition coefficient (Wildman–Crippen LogP) is 2.64. The normalized spacial score (nSPS) is 41.7. The van der Waals surface area contributed by atoms with E-state index in [2.05, 4.69) is 32.6 Å². The van der Waals surface area contributed by atoms with E-state index in [0.29, 0.717) is 12.2 Å². The first-order valence-corrected chi connectivity index (χ1v) is 8.10. The van der Waals surface area contributed by atoms with Gasteiger partial charge in [0.1, 0.15) is 0 Å². The van der Waals surface area contributed by atoms with Crippen LogP contribution in [-0.4, -0.2) is 42.3 Å². The second kappa shape index (κ2) is 6.11. The molecule has 1 heterocycles. The molecular weight excluding hydrogens is 236 g/mol. The molecule has 1 saturated heterocycles. The van der Waals surface area contributed by atoms with Crippen molar-refractivity contribution in [2.75, 3.05) is 19.6 Å². The zero-order valence-electron chi connectivity index (χ0n) is 13.2. The Balaban J connectivity index is 2.23. The molecule has 1 aliphatic carbocycles. The molecule has 2 aliphatic rings. The summed E-state index contributed by atoms with van der Waals surface area (Å²) in [5, 5.41) is 0. The number of nitrogens with two attached hydrogens (primary N) is 1. The van der Waals surface area contributed by atoms with Crippen LogP contribution in [0.3, 0.4) is 0 Å². The Kier molecular flexibility index (Phi) is 4.91. The van der Waals surface area contributed by atoms with Crippen LogP contribution in [0.5, 0.6) is 0 Å². The molecule has 0 aromatic carbocycles. The lowest BCUT2D eigenvalue weighted by Crippen LogP contribution is -2.65. The quantitative estimate of drug-likeness (QED) is 0.855. The molecule has 4 atom stereocenters. The van der Waals surface area contributed by atoms with Gasteiger partial charge in [0.25, 0.3) is 0 Å². The molecular formula is C16H32N2O. The number of nitrogens with zero attached hydrogens (tertiary/aromatic N) is 1. The first-order valence-electron chi connectivity index (χ1n) is 8.10. The van der Waals surface area contributed by atoms with Gasteiger partial charge < -0.3 is 10.5 Å².